The third-order valence-electron chi connectivity index (χ3n) is 5.10. The van der Waals surface area contributed by atoms with Crippen LogP contribution in [0.1, 0.15) is 45.0 Å². The number of amides is 1. The van der Waals surface area contributed by atoms with E-state index in [1.807, 2.05) is 0 Å². The molecule has 27 heavy (non-hydrogen) atoms. The lowest BCUT2D eigenvalue weighted by atomic mass is 9.95. The van der Waals surface area contributed by atoms with E-state index in [1.165, 1.54) is 17.4 Å². The number of aryl methyl sites for hydroxylation is 1. The van der Waals surface area contributed by atoms with Crippen LogP contribution >= 0.6 is 23.7 Å². The zero-order valence-corrected chi connectivity index (χ0v) is 16.5. The first-order chi connectivity index (χ1) is 12.5. The minimum absolute atomic E-state index is 0. The molecular weight excluding hydrogens is 392 g/mol. The van der Waals surface area contributed by atoms with Crippen molar-refractivity contribution >= 4 is 35.3 Å². The van der Waals surface area contributed by atoms with Crippen LogP contribution in [0.25, 0.3) is 0 Å². The third-order valence-corrected chi connectivity index (χ3v) is 6.13. The summed E-state index contributed by atoms with van der Waals surface area (Å²) in [5.41, 5.74) is 0.0249. The Balaban J connectivity index is 0.00000210. The zero-order chi connectivity index (χ0) is 18.3. The van der Waals surface area contributed by atoms with Gasteiger partial charge >= 0.3 is 0 Å². The summed E-state index contributed by atoms with van der Waals surface area (Å²) >= 11 is 1.20. The Morgan fingerprint density at radius 2 is 2.07 bits per heavy atom. The molecule has 0 spiro atoms. The van der Waals surface area contributed by atoms with E-state index in [0.29, 0.717) is 28.8 Å². The van der Waals surface area contributed by atoms with Crippen LogP contribution < -0.4 is 5.32 Å². The van der Waals surface area contributed by atoms with Crippen molar-refractivity contribution in [1.82, 2.24) is 25.0 Å². The highest BCUT2D eigenvalue weighted by Crippen LogP contribution is 2.32. The average molecular weight is 413 g/mol. The molecule has 0 saturated carbocycles. The second-order valence-electron chi connectivity index (χ2n) is 6.68. The van der Waals surface area contributed by atoms with Crippen molar-refractivity contribution in [1.29, 1.82) is 0 Å². The van der Waals surface area contributed by atoms with Crippen molar-refractivity contribution in [3.8, 4) is 0 Å². The van der Waals surface area contributed by atoms with Crippen LogP contribution in [0.4, 0.5) is 5.69 Å². The highest BCUT2D eigenvalue weighted by atomic mass is 35.5. The van der Waals surface area contributed by atoms with Gasteiger partial charge in [0.2, 0.25) is 0 Å². The number of fused-ring (bicyclic) bond motifs is 1. The Kier molecular flexibility index (Phi) is 5.78. The van der Waals surface area contributed by atoms with Crippen LogP contribution in [0.2, 0.25) is 0 Å². The molecule has 2 aromatic heterocycles. The van der Waals surface area contributed by atoms with Crippen molar-refractivity contribution in [3.05, 3.63) is 37.6 Å². The largest absolute Gasteiger partial charge is 0.338 e. The van der Waals surface area contributed by atoms with Crippen molar-refractivity contribution in [2.24, 2.45) is 0 Å². The number of nitrogens with one attached hydrogen (secondary N) is 1. The Labute approximate surface area is 166 Å². The number of carbonyl (C=O) groups is 1. The SMILES string of the molecule is Cc1sc(C(=O)N2CCC(c3nnc4n3CCNC4)CC2)cc1[N+](=O)[O-].Cl. The maximum atomic E-state index is 12.7. The van der Waals surface area contributed by atoms with Crippen LogP contribution in [0.3, 0.4) is 0 Å². The van der Waals surface area contributed by atoms with Gasteiger partial charge in [0.1, 0.15) is 11.6 Å². The van der Waals surface area contributed by atoms with E-state index in [9.17, 15) is 14.9 Å². The van der Waals surface area contributed by atoms with Crippen molar-refractivity contribution < 1.29 is 9.72 Å². The first kappa shape index (κ1) is 19.7. The molecule has 4 heterocycles. The smallest absolute Gasteiger partial charge is 0.283 e. The van der Waals surface area contributed by atoms with Gasteiger partial charge in [0.25, 0.3) is 11.6 Å². The van der Waals surface area contributed by atoms with Gasteiger partial charge in [-0.1, -0.05) is 0 Å². The molecule has 0 radical (unpaired) electrons. The molecule has 1 saturated heterocycles. The Morgan fingerprint density at radius 1 is 1.33 bits per heavy atom. The highest BCUT2D eigenvalue weighted by molar-refractivity contribution is 7.14. The summed E-state index contributed by atoms with van der Waals surface area (Å²) in [5, 5.41) is 22.9. The first-order valence-electron chi connectivity index (χ1n) is 8.71. The second-order valence-corrected chi connectivity index (χ2v) is 7.93. The number of rotatable bonds is 3. The maximum Gasteiger partial charge on any atom is 0.283 e. The number of hydrogen-bond donors (Lipinski definition) is 1. The molecule has 4 rings (SSSR count). The van der Waals surface area contributed by atoms with Gasteiger partial charge in [0, 0.05) is 38.2 Å². The predicted octanol–water partition coefficient (Wildman–Crippen LogP) is 2.10. The molecule has 1 fully saturated rings. The standard InChI is InChI=1S/C16H20N6O3S.ClH/c1-10-12(22(24)25)8-13(26-10)16(23)20-5-2-11(3-6-20)15-19-18-14-9-17-4-7-21(14)15;/h8,11,17H,2-7,9H2,1H3;1H. The fourth-order valence-electron chi connectivity index (χ4n) is 3.67. The van der Waals surface area contributed by atoms with Crippen molar-refractivity contribution in [3.63, 3.8) is 0 Å². The average Bonchev–Trinajstić information content (AvgIpc) is 3.25. The normalized spacial score (nSPS) is 17.3. The second kappa shape index (κ2) is 7.91. The maximum absolute atomic E-state index is 12.7. The molecule has 2 aliphatic rings. The fraction of sp³-hybridized carbons (Fsp3) is 0.562. The molecule has 0 bridgehead atoms. The minimum Gasteiger partial charge on any atom is -0.338 e. The van der Waals surface area contributed by atoms with E-state index < -0.39 is 4.92 Å². The van der Waals surface area contributed by atoms with Crippen LogP contribution in [0.5, 0.6) is 0 Å². The predicted molar refractivity (Wildman–Crippen MR) is 103 cm³/mol. The van der Waals surface area contributed by atoms with Gasteiger partial charge in [-0.05, 0) is 19.8 Å². The quantitative estimate of drug-likeness (QED) is 0.611. The summed E-state index contributed by atoms with van der Waals surface area (Å²) in [6.45, 7) is 5.50. The molecule has 146 valence electrons. The monoisotopic (exact) mass is 412 g/mol. The minimum atomic E-state index is -0.432. The molecule has 1 N–H and O–H groups in total. The van der Waals surface area contributed by atoms with E-state index in [-0.39, 0.29) is 24.0 Å². The number of hydrogen-bond acceptors (Lipinski definition) is 7. The van der Waals surface area contributed by atoms with E-state index in [1.54, 1.807) is 11.8 Å². The van der Waals surface area contributed by atoms with E-state index in [0.717, 1.165) is 44.1 Å². The number of likely N-dealkylation sites (tertiary alicyclic amines) is 1. The van der Waals surface area contributed by atoms with E-state index >= 15 is 0 Å². The van der Waals surface area contributed by atoms with Crippen LogP contribution in [-0.4, -0.2) is 50.1 Å². The summed E-state index contributed by atoms with van der Waals surface area (Å²) in [7, 11) is 0. The molecule has 0 aliphatic carbocycles. The van der Waals surface area contributed by atoms with Crippen LogP contribution in [0.15, 0.2) is 6.07 Å². The number of halogens is 1. The number of thiophene rings is 1. The van der Waals surface area contributed by atoms with Gasteiger partial charge in [-0.3, -0.25) is 14.9 Å². The summed E-state index contributed by atoms with van der Waals surface area (Å²) < 4.78 is 2.20. The van der Waals surface area contributed by atoms with Crippen molar-refractivity contribution in [2.75, 3.05) is 19.6 Å². The topological polar surface area (TPSA) is 106 Å². The lowest BCUT2D eigenvalue weighted by Gasteiger charge is -2.31. The number of nitro groups is 1. The molecule has 0 atom stereocenters. The molecular formula is C16H21ClN6O3S. The summed E-state index contributed by atoms with van der Waals surface area (Å²) in [6, 6.07) is 1.40. The lowest BCUT2D eigenvalue weighted by molar-refractivity contribution is -0.385. The molecule has 0 unspecified atom stereocenters. The first-order valence-corrected chi connectivity index (χ1v) is 9.53. The Morgan fingerprint density at radius 3 is 2.74 bits per heavy atom. The summed E-state index contributed by atoms with van der Waals surface area (Å²) in [4.78, 5) is 26.0. The number of carbonyl (C=O) groups excluding carboxylic acids is 1. The van der Waals surface area contributed by atoms with E-state index in [4.69, 9.17) is 0 Å². The molecule has 0 aromatic carbocycles. The molecule has 2 aliphatic heterocycles. The number of aromatic nitrogens is 3. The lowest BCUT2D eigenvalue weighted by Crippen LogP contribution is -2.38. The van der Waals surface area contributed by atoms with Gasteiger partial charge in [-0.25, -0.2) is 0 Å². The molecule has 2 aromatic rings. The van der Waals surface area contributed by atoms with Gasteiger partial charge in [-0.2, -0.15) is 0 Å². The van der Waals surface area contributed by atoms with Gasteiger partial charge in [-0.15, -0.1) is 33.9 Å². The van der Waals surface area contributed by atoms with Crippen molar-refractivity contribution in [2.45, 2.75) is 38.8 Å². The molecule has 9 nitrogen and oxygen atoms in total. The summed E-state index contributed by atoms with van der Waals surface area (Å²) in [6.07, 6.45) is 1.67. The van der Waals surface area contributed by atoms with Gasteiger partial charge in [0.05, 0.1) is 21.2 Å². The van der Waals surface area contributed by atoms with Crippen LogP contribution in [-0.2, 0) is 13.1 Å². The summed E-state index contributed by atoms with van der Waals surface area (Å²) in [5.74, 6) is 2.19. The molecule has 1 amide bonds. The van der Waals surface area contributed by atoms with Crippen LogP contribution in [0, 0.1) is 17.0 Å². The van der Waals surface area contributed by atoms with Gasteiger partial charge < -0.3 is 14.8 Å². The fourth-order valence-corrected chi connectivity index (χ4v) is 4.63. The Bertz CT molecular complexity index is 858. The third kappa shape index (κ3) is 3.69. The number of nitrogens with zero attached hydrogens (tertiary/aromatic N) is 5. The zero-order valence-electron chi connectivity index (χ0n) is 14.9. The van der Waals surface area contributed by atoms with Gasteiger partial charge in [0.15, 0.2) is 0 Å². The molecule has 11 heteroatoms. The highest BCUT2D eigenvalue weighted by Gasteiger charge is 2.30. The number of piperidine rings is 1. The Hall–Kier alpha value is -2.04. The van der Waals surface area contributed by atoms with E-state index in [2.05, 4.69) is 20.1 Å².